The van der Waals surface area contributed by atoms with Crippen molar-refractivity contribution in [2.24, 2.45) is 0 Å². The van der Waals surface area contributed by atoms with Crippen LogP contribution in [0.4, 0.5) is 0 Å². The van der Waals surface area contributed by atoms with Crippen LogP contribution in [0.25, 0.3) is 0 Å². The summed E-state index contributed by atoms with van der Waals surface area (Å²) in [6.45, 7) is 2.22. The van der Waals surface area contributed by atoms with Gasteiger partial charge in [-0.05, 0) is 36.2 Å². The molecule has 0 spiro atoms. The minimum absolute atomic E-state index is 0.171. The molecule has 1 heterocycles. The molecule has 2 nitrogen and oxygen atoms in total. The number of benzene rings is 2. The molecule has 0 bridgehead atoms. The molecule has 0 radical (unpaired) electrons. The van der Waals surface area contributed by atoms with E-state index in [0.717, 1.165) is 18.6 Å². The van der Waals surface area contributed by atoms with Crippen molar-refractivity contribution in [1.29, 1.82) is 0 Å². The number of hydrogen-bond donors (Lipinski definition) is 1. The van der Waals surface area contributed by atoms with Crippen molar-refractivity contribution in [3.05, 3.63) is 65.2 Å². The lowest BCUT2D eigenvalue weighted by molar-refractivity contribution is 0.183. The van der Waals surface area contributed by atoms with Gasteiger partial charge < -0.3 is 10.1 Å². The number of fused-ring (bicyclic) bond motifs is 1. The van der Waals surface area contributed by atoms with Crippen LogP contribution in [0.1, 0.15) is 36.1 Å². The molecule has 2 aromatic rings. The second kappa shape index (κ2) is 6.31. The lowest BCUT2D eigenvalue weighted by Gasteiger charge is -2.23. The minimum atomic E-state index is 0.171. The fourth-order valence-corrected chi connectivity index (χ4v) is 3.19. The smallest absolute Gasteiger partial charge is 0.123 e. The van der Waals surface area contributed by atoms with E-state index in [9.17, 15) is 0 Å². The maximum Gasteiger partial charge on any atom is 0.123 e. The first-order valence-electron chi connectivity index (χ1n) is 7.82. The molecule has 110 valence electrons. The van der Waals surface area contributed by atoms with E-state index in [4.69, 9.17) is 4.74 Å². The summed E-state index contributed by atoms with van der Waals surface area (Å²) in [5.41, 5.74) is 4.04. The fraction of sp³-hybridized carbons (Fsp3) is 0.368. The maximum absolute atomic E-state index is 6.15. The van der Waals surface area contributed by atoms with Crippen LogP contribution in [0.5, 0.6) is 5.75 Å². The average molecular weight is 281 g/mol. The minimum Gasteiger partial charge on any atom is -0.488 e. The Morgan fingerprint density at radius 3 is 2.81 bits per heavy atom. The summed E-state index contributed by atoms with van der Waals surface area (Å²) >= 11 is 0. The molecule has 2 aromatic carbocycles. The van der Waals surface area contributed by atoms with Gasteiger partial charge in [0, 0.05) is 6.42 Å². The lowest BCUT2D eigenvalue weighted by atomic mass is 9.95. The first-order valence-corrected chi connectivity index (χ1v) is 7.82. The van der Waals surface area contributed by atoms with E-state index in [2.05, 4.69) is 54.7 Å². The van der Waals surface area contributed by atoms with Crippen LogP contribution in [0.15, 0.2) is 48.5 Å². The summed E-state index contributed by atoms with van der Waals surface area (Å²) in [5.74, 6) is 1.03. The predicted molar refractivity (Wildman–Crippen MR) is 86.8 cm³/mol. The average Bonchev–Trinajstić information content (AvgIpc) is 2.92. The monoisotopic (exact) mass is 281 g/mol. The molecule has 0 saturated carbocycles. The molecule has 2 atom stereocenters. The van der Waals surface area contributed by atoms with Crippen molar-refractivity contribution < 1.29 is 4.74 Å². The molecule has 0 fully saturated rings. The summed E-state index contributed by atoms with van der Waals surface area (Å²) in [5, 5.41) is 3.44. The van der Waals surface area contributed by atoms with Gasteiger partial charge >= 0.3 is 0 Å². The third-order valence-electron chi connectivity index (χ3n) is 4.20. The van der Waals surface area contributed by atoms with E-state index in [-0.39, 0.29) is 12.1 Å². The SMILES string of the molecule is CCCc1cccc(C(NC)C2Cc3ccccc3O2)c1. The fourth-order valence-electron chi connectivity index (χ4n) is 3.19. The molecule has 1 aliphatic heterocycles. The van der Waals surface area contributed by atoms with Crippen molar-refractivity contribution in [2.45, 2.75) is 38.3 Å². The van der Waals surface area contributed by atoms with E-state index < -0.39 is 0 Å². The maximum atomic E-state index is 6.15. The molecule has 1 N–H and O–H groups in total. The van der Waals surface area contributed by atoms with Gasteiger partial charge in [0.1, 0.15) is 11.9 Å². The normalized spacial score (nSPS) is 18.1. The second-order valence-corrected chi connectivity index (χ2v) is 5.73. The van der Waals surface area contributed by atoms with Gasteiger partial charge in [-0.15, -0.1) is 0 Å². The van der Waals surface area contributed by atoms with Gasteiger partial charge in [0.05, 0.1) is 6.04 Å². The van der Waals surface area contributed by atoms with Crippen molar-refractivity contribution in [3.8, 4) is 5.75 Å². The zero-order valence-electron chi connectivity index (χ0n) is 12.8. The van der Waals surface area contributed by atoms with Crippen LogP contribution in [0, 0.1) is 0 Å². The van der Waals surface area contributed by atoms with Gasteiger partial charge in [0.2, 0.25) is 0 Å². The summed E-state index contributed by atoms with van der Waals surface area (Å²) in [6, 6.07) is 17.5. The number of hydrogen-bond acceptors (Lipinski definition) is 2. The number of aryl methyl sites for hydroxylation is 1. The van der Waals surface area contributed by atoms with Gasteiger partial charge in [0.25, 0.3) is 0 Å². The zero-order valence-corrected chi connectivity index (χ0v) is 12.8. The topological polar surface area (TPSA) is 21.3 Å². The number of ether oxygens (including phenoxy) is 1. The van der Waals surface area contributed by atoms with E-state index >= 15 is 0 Å². The van der Waals surface area contributed by atoms with E-state index in [0.29, 0.717) is 0 Å². The Morgan fingerprint density at radius 2 is 2.05 bits per heavy atom. The van der Waals surface area contributed by atoms with Crippen molar-refractivity contribution in [3.63, 3.8) is 0 Å². The Labute approximate surface area is 127 Å². The Bertz CT molecular complexity index is 583. The van der Waals surface area contributed by atoms with E-state index in [1.165, 1.54) is 23.1 Å². The lowest BCUT2D eigenvalue weighted by Crippen LogP contribution is -2.32. The molecular formula is C19H23NO. The van der Waals surface area contributed by atoms with E-state index in [1.807, 2.05) is 13.1 Å². The first kappa shape index (κ1) is 14.2. The van der Waals surface area contributed by atoms with Gasteiger partial charge in [-0.1, -0.05) is 55.8 Å². The highest BCUT2D eigenvalue weighted by Crippen LogP contribution is 2.34. The highest BCUT2D eigenvalue weighted by molar-refractivity contribution is 5.39. The third kappa shape index (κ3) is 2.96. The largest absolute Gasteiger partial charge is 0.488 e. The molecule has 0 saturated heterocycles. The molecule has 21 heavy (non-hydrogen) atoms. The first-order chi connectivity index (χ1) is 10.3. The predicted octanol–water partition coefficient (Wildman–Crippen LogP) is 3.90. The van der Waals surface area contributed by atoms with Crippen molar-refractivity contribution in [2.75, 3.05) is 7.05 Å². The van der Waals surface area contributed by atoms with Crippen LogP contribution < -0.4 is 10.1 Å². The van der Waals surface area contributed by atoms with Gasteiger partial charge in [0.15, 0.2) is 0 Å². The summed E-state index contributed by atoms with van der Waals surface area (Å²) in [4.78, 5) is 0. The van der Waals surface area contributed by atoms with Crippen LogP contribution in [-0.4, -0.2) is 13.2 Å². The molecule has 3 rings (SSSR count). The summed E-state index contributed by atoms with van der Waals surface area (Å²) < 4.78 is 6.15. The number of para-hydroxylation sites is 1. The molecular weight excluding hydrogens is 258 g/mol. The van der Waals surface area contributed by atoms with Crippen LogP contribution >= 0.6 is 0 Å². The van der Waals surface area contributed by atoms with Crippen molar-refractivity contribution in [1.82, 2.24) is 5.32 Å². The Kier molecular flexibility index (Phi) is 4.26. The highest BCUT2D eigenvalue weighted by atomic mass is 16.5. The van der Waals surface area contributed by atoms with Gasteiger partial charge in [-0.3, -0.25) is 0 Å². The molecule has 2 unspecified atom stereocenters. The van der Waals surface area contributed by atoms with Crippen LogP contribution in [0.3, 0.4) is 0 Å². The molecule has 1 aliphatic rings. The quantitative estimate of drug-likeness (QED) is 0.897. The zero-order chi connectivity index (χ0) is 14.7. The third-order valence-corrected chi connectivity index (χ3v) is 4.20. The Balaban J connectivity index is 1.82. The molecule has 0 aliphatic carbocycles. The molecule has 0 aromatic heterocycles. The number of likely N-dealkylation sites (N-methyl/N-ethyl adjacent to an activating group) is 1. The standard InChI is InChI=1S/C19H23NO/c1-3-7-14-8-6-10-16(12-14)19(20-2)18-13-15-9-4-5-11-17(15)21-18/h4-6,8-12,18-20H,3,7,13H2,1-2H3. The Hall–Kier alpha value is -1.80. The van der Waals surface area contributed by atoms with Gasteiger partial charge in [-0.25, -0.2) is 0 Å². The highest BCUT2D eigenvalue weighted by Gasteiger charge is 2.30. The van der Waals surface area contributed by atoms with Crippen LogP contribution in [0.2, 0.25) is 0 Å². The summed E-state index contributed by atoms with van der Waals surface area (Å²) in [7, 11) is 2.02. The van der Waals surface area contributed by atoms with Crippen LogP contribution in [-0.2, 0) is 12.8 Å². The molecule has 0 amide bonds. The Morgan fingerprint density at radius 1 is 1.19 bits per heavy atom. The number of rotatable bonds is 5. The number of nitrogens with one attached hydrogen (secondary N) is 1. The summed E-state index contributed by atoms with van der Waals surface area (Å²) in [6.07, 6.45) is 3.46. The van der Waals surface area contributed by atoms with Crippen molar-refractivity contribution >= 4 is 0 Å². The van der Waals surface area contributed by atoms with Gasteiger partial charge in [-0.2, -0.15) is 0 Å². The van der Waals surface area contributed by atoms with E-state index in [1.54, 1.807) is 0 Å². The second-order valence-electron chi connectivity index (χ2n) is 5.73. The molecule has 2 heteroatoms.